The lowest BCUT2D eigenvalue weighted by Crippen LogP contribution is -2.34. The molecule has 0 N–H and O–H groups in total. The summed E-state index contributed by atoms with van der Waals surface area (Å²) in [6.45, 7) is 7.82. The normalized spacial score (nSPS) is 20.5. The third-order valence-electron chi connectivity index (χ3n) is 2.03. The van der Waals surface area contributed by atoms with E-state index in [4.69, 9.17) is 11.6 Å². The summed E-state index contributed by atoms with van der Waals surface area (Å²) < 4.78 is 0. The van der Waals surface area contributed by atoms with Crippen LogP contribution in [0.5, 0.6) is 0 Å². The molecule has 1 aliphatic rings. The van der Waals surface area contributed by atoms with E-state index in [0.29, 0.717) is 5.92 Å². The summed E-state index contributed by atoms with van der Waals surface area (Å²) in [5.41, 5.74) is -0.494. The van der Waals surface area contributed by atoms with Gasteiger partial charge in [-0.25, -0.2) is 0 Å². The van der Waals surface area contributed by atoms with E-state index in [1.54, 1.807) is 0 Å². The number of halogens is 1. The van der Waals surface area contributed by atoms with Crippen LogP contribution in [0.1, 0.15) is 34.1 Å². The maximum absolute atomic E-state index is 11.7. The van der Waals surface area contributed by atoms with Crippen molar-refractivity contribution in [3.05, 3.63) is 0 Å². The molecule has 0 amide bonds. The molecule has 0 atom stereocenters. The third kappa shape index (κ3) is 2.42. The highest BCUT2D eigenvalue weighted by atomic mass is 35.5. The van der Waals surface area contributed by atoms with Gasteiger partial charge < -0.3 is 0 Å². The number of ketones is 1. The van der Waals surface area contributed by atoms with Gasteiger partial charge in [0.2, 0.25) is 5.78 Å². The molecule has 0 aliphatic carbocycles. The van der Waals surface area contributed by atoms with Crippen LogP contribution >= 0.6 is 11.6 Å². The highest BCUT2D eigenvalue weighted by Gasteiger charge is 2.59. The van der Waals surface area contributed by atoms with Gasteiger partial charge in [0.15, 0.2) is 0 Å². The Bertz CT molecular complexity index is 219. The Morgan fingerprint density at radius 1 is 1.46 bits per heavy atom. The standard InChI is InChI=1S/C9H15ClO3/c1-6(2)5-8(3,4)7(11)9(10)12-13-9/h6H,5H2,1-4H3. The highest BCUT2D eigenvalue weighted by molar-refractivity contribution is 6.34. The molecule has 0 aromatic rings. The van der Waals surface area contributed by atoms with Crippen molar-refractivity contribution in [1.82, 2.24) is 0 Å². The largest absolute Gasteiger partial charge is 0.366 e. The van der Waals surface area contributed by atoms with E-state index in [0.717, 1.165) is 6.42 Å². The summed E-state index contributed by atoms with van der Waals surface area (Å²) in [6, 6.07) is 0. The Labute approximate surface area is 83.3 Å². The lowest BCUT2D eigenvalue weighted by molar-refractivity contribution is -0.131. The molecule has 0 unspecified atom stereocenters. The molecule has 0 bridgehead atoms. The fourth-order valence-corrected chi connectivity index (χ4v) is 1.92. The van der Waals surface area contributed by atoms with Crippen LogP contribution < -0.4 is 0 Å². The molecule has 1 heterocycles. The number of carbonyl (C=O) groups is 1. The lowest BCUT2D eigenvalue weighted by atomic mass is 9.80. The molecule has 0 spiro atoms. The molecule has 76 valence electrons. The van der Waals surface area contributed by atoms with E-state index in [-0.39, 0.29) is 5.78 Å². The van der Waals surface area contributed by atoms with Crippen LogP contribution in [0.25, 0.3) is 0 Å². The van der Waals surface area contributed by atoms with Crippen LogP contribution in [0, 0.1) is 11.3 Å². The molecular weight excluding hydrogens is 192 g/mol. The van der Waals surface area contributed by atoms with Crippen molar-refractivity contribution in [3.63, 3.8) is 0 Å². The van der Waals surface area contributed by atoms with Gasteiger partial charge in [0, 0.05) is 5.41 Å². The molecule has 1 saturated heterocycles. The molecule has 1 fully saturated rings. The van der Waals surface area contributed by atoms with Crippen molar-refractivity contribution >= 4 is 17.4 Å². The van der Waals surface area contributed by atoms with Gasteiger partial charge in [-0.1, -0.05) is 27.7 Å². The molecular formula is C9H15ClO3. The second-order valence-corrected chi connectivity index (χ2v) is 5.01. The van der Waals surface area contributed by atoms with Gasteiger partial charge in [0.1, 0.15) is 0 Å². The van der Waals surface area contributed by atoms with Crippen molar-refractivity contribution in [2.75, 3.05) is 0 Å². The number of Topliss-reactive ketones (excluding diaryl/α,β-unsaturated/α-hetero) is 1. The minimum atomic E-state index is -1.49. The van der Waals surface area contributed by atoms with E-state index in [2.05, 4.69) is 23.6 Å². The summed E-state index contributed by atoms with van der Waals surface area (Å²) in [6.07, 6.45) is 0.771. The maximum Gasteiger partial charge on any atom is 0.366 e. The zero-order chi connectivity index (χ0) is 10.3. The summed E-state index contributed by atoms with van der Waals surface area (Å²) in [4.78, 5) is 20.6. The van der Waals surface area contributed by atoms with E-state index in [1.807, 2.05) is 13.8 Å². The molecule has 0 saturated carbocycles. The molecule has 0 aromatic carbocycles. The minimum absolute atomic E-state index is 0.199. The minimum Gasteiger partial charge on any atom is -0.291 e. The second-order valence-electron chi connectivity index (χ2n) is 4.51. The Hall–Kier alpha value is -0.120. The zero-order valence-corrected chi connectivity index (χ0v) is 9.14. The first-order chi connectivity index (χ1) is 5.78. The van der Waals surface area contributed by atoms with E-state index >= 15 is 0 Å². The fourth-order valence-electron chi connectivity index (χ4n) is 1.63. The van der Waals surface area contributed by atoms with Crippen LogP contribution in [0.4, 0.5) is 0 Å². The first-order valence-corrected chi connectivity index (χ1v) is 4.76. The van der Waals surface area contributed by atoms with Crippen LogP contribution in [-0.2, 0) is 14.6 Å². The summed E-state index contributed by atoms with van der Waals surface area (Å²) >= 11 is 5.67. The number of carbonyl (C=O) groups excluding carboxylic acids is 1. The highest BCUT2D eigenvalue weighted by Crippen LogP contribution is 2.43. The predicted octanol–water partition coefficient (Wildman–Crippen LogP) is 2.48. The smallest absolute Gasteiger partial charge is 0.291 e. The molecule has 3 nitrogen and oxygen atoms in total. The summed E-state index contributed by atoms with van der Waals surface area (Å²) in [5, 5.41) is -1.49. The summed E-state index contributed by atoms with van der Waals surface area (Å²) in [7, 11) is 0. The first-order valence-electron chi connectivity index (χ1n) is 4.38. The van der Waals surface area contributed by atoms with Crippen LogP contribution in [0.3, 0.4) is 0 Å². The lowest BCUT2D eigenvalue weighted by Gasteiger charge is -2.24. The van der Waals surface area contributed by atoms with Crippen molar-refractivity contribution in [3.8, 4) is 0 Å². The molecule has 0 radical (unpaired) electrons. The van der Waals surface area contributed by atoms with Gasteiger partial charge in [0.05, 0.1) is 0 Å². The van der Waals surface area contributed by atoms with Crippen LogP contribution in [-0.4, -0.2) is 11.0 Å². The van der Waals surface area contributed by atoms with E-state index in [1.165, 1.54) is 0 Å². The zero-order valence-electron chi connectivity index (χ0n) is 8.39. The SMILES string of the molecule is CC(C)CC(C)(C)C(=O)C1(Cl)OO1. The third-order valence-corrected chi connectivity index (χ3v) is 2.33. The van der Waals surface area contributed by atoms with Crippen molar-refractivity contribution < 1.29 is 14.6 Å². The monoisotopic (exact) mass is 206 g/mol. The Morgan fingerprint density at radius 3 is 2.23 bits per heavy atom. The molecule has 13 heavy (non-hydrogen) atoms. The fraction of sp³-hybridized carbons (Fsp3) is 0.889. The Balaban J connectivity index is 2.63. The molecule has 1 aliphatic heterocycles. The van der Waals surface area contributed by atoms with E-state index < -0.39 is 10.7 Å². The van der Waals surface area contributed by atoms with Crippen LogP contribution in [0.15, 0.2) is 0 Å². The average Bonchev–Trinajstić information content (AvgIpc) is 2.65. The Morgan fingerprint density at radius 2 is 1.92 bits per heavy atom. The second kappa shape index (κ2) is 3.23. The summed E-state index contributed by atoms with van der Waals surface area (Å²) in [5.74, 6) is 0.244. The predicted molar refractivity (Wildman–Crippen MR) is 49.0 cm³/mol. The topological polar surface area (TPSA) is 42.1 Å². The van der Waals surface area contributed by atoms with Crippen molar-refractivity contribution in [1.29, 1.82) is 0 Å². The maximum atomic E-state index is 11.7. The van der Waals surface area contributed by atoms with Gasteiger partial charge in [-0.15, -0.1) is 0 Å². The van der Waals surface area contributed by atoms with Gasteiger partial charge in [-0.05, 0) is 23.9 Å². The van der Waals surface area contributed by atoms with Gasteiger partial charge >= 0.3 is 5.25 Å². The molecule has 1 rings (SSSR count). The van der Waals surface area contributed by atoms with Gasteiger partial charge in [-0.2, -0.15) is 9.78 Å². The Kier molecular flexibility index (Phi) is 2.72. The number of hydrogen-bond acceptors (Lipinski definition) is 3. The number of alkyl halides is 1. The quantitative estimate of drug-likeness (QED) is 0.403. The number of rotatable bonds is 4. The van der Waals surface area contributed by atoms with Crippen molar-refractivity contribution in [2.24, 2.45) is 11.3 Å². The van der Waals surface area contributed by atoms with Crippen molar-refractivity contribution in [2.45, 2.75) is 39.4 Å². The number of hydrogen-bond donors (Lipinski definition) is 0. The molecule has 4 heteroatoms. The average molecular weight is 207 g/mol. The van der Waals surface area contributed by atoms with E-state index in [9.17, 15) is 4.79 Å². The van der Waals surface area contributed by atoms with Gasteiger partial charge in [-0.3, -0.25) is 4.79 Å². The van der Waals surface area contributed by atoms with Gasteiger partial charge in [0.25, 0.3) is 0 Å². The molecule has 0 aromatic heterocycles. The van der Waals surface area contributed by atoms with Crippen LogP contribution in [0.2, 0.25) is 0 Å². The first kappa shape index (κ1) is 11.0.